The predicted molar refractivity (Wildman–Crippen MR) is 75.1 cm³/mol. The Bertz CT molecular complexity index is 406. The summed E-state index contributed by atoms with van der Waals surface area (Å²) in [5.41, 5.74) is 0. The first-order chi connectivity index (χ1) is 9.66. The van der Waals surface area contributed by atoms with E-state index in [0.29, 0.717) is 19.0 Å². The van der Waals surface area contributed by atoms with E-state index in [1.165, 1.54) is 11.4 Å². The highest BCUT2D eigenvalue weighted by molar-refractivity contribution is 7.86. The van der Waals surface area contributed by atoms with Crippen molar-refractivity contribution >= 4 is 10.2 Å². The van der Waals surface area contributed by atoms with Gasteiger partial charge in [0.05, 0.1) is 6.42 Å². The summed E-state index contributed by atoms with van der Waals surface area (Å²) in [7, 11) is -2.58. The fourth-order valence-corrected chi connectivity index (χ4v) is 3.68. The Hall–Kier alpha value is -0.380. The number of alkyl halides is 3. The molecule has 21 heavy (non-hydrogen) atoms. The maximum atomic E-state index is 12.2. The van der Waals surface area contributed by atoms with Crippen molar-refractivity contribution in [3.05, 3.63) is 0 Å². The third-order valence-corrected chi connectivity index (χ3v) is 5.67. The van der Waals surface area contributed by atoms with Gasteiger partial charge >= 0.3 is 6.18 Å². The Morgan fingerprint density at radius 1 is 1.29 bits per heavy atom. The second kappa shape index (κ2) is 7.75. The molecule has 0 amide bonds. The summed E-state index contributed by atoms with van der Waals surface area (Å²) in [6.07, 6.45) is -4.00. The Balaban J connectivity index is 2.48. The molecule has 0 aliphatic carbocycles. The molecule has 1 heterocycles. The van der Waals surface area contributed by atoms with Gasteiger partial charge in [0.2, 0.25) is 0 Å². The lowest BCUT2D eigenvalue weighted by atomic mass is 9.98. The van der Waals surface area contributed by atoms with E-state index in [4.69, 9.17) is 0 Å². The summed E-state index contributed by atoms with van der Waals surface area (Å²) in [4.78, 5) is 0. The zero-order valence-electron chi connectivity index (χ0n) is 12.5. The van der Waals surface area contributed by atoms with Crippen LogP contribution in [-0.4, -0.2) is 63.0 Å². The van der Waals surface area contributed by atoms with Crippen molar-refractivity contribution in [1.29, 1.82) is 0 Å². The van der Waals surface area contributed by atoms with Crippen molar-refractivity contribution < 1.29 is 21.6 Å². The Kier molecular flexibility index (Phi) is 6.89. The van der Waals surface area contributed by atoms with Gasteiger partial charge in [-0.15, -0.1) is 0 Å². The number of halogens is 3. The van der Waals surface area contributed by atoms with Gasteiger partial charge in [-0.25, -0.2) is 0 Å². The van der Waals surface area contributed by atoms with Gasteiger partial charge in [-0.2, -0.15) is 30.2 Å². The fraction of sp³-hybridized carbons (Fsp3) is 1.00. The number of nitrogens with zero attached hydrogens (tertiary/aromatic N) is 2. The van der Waals surface area contributed by atoms with E-state index in [-0.39, 0.29) is 0 Å². The van der Waals surface area contributed by atoms with Crippen LogP contribution in [0.15, 0.2) is 0 Å². The van der Waals surface area contributed by atoms with Crippen LogP contribution >= 0.6 is 0 Å². The molecule has 1 saturated heterocycles. The van der Waals surface area contributed by atoms with Crippen molar-refractivity contribution in [2.75, 3.05) is 39.8 Å². The molecular formula is C12H24F3N3O2S. The molecular weight excluding hydrogens is 307 g/mol. The van der Waals surface area contributed by atoms with E-state index in [0.717, 1.165) is 30.2 Å². The molecule has 0 radical (unpaired) electrons. The number of rotatable bonds is 7. The monoisotopic (exact) mass is 331 g/mol. The molecule has 1 aliphatic heterocycles. The first kappa shape index (κ1) is 18.7. The van der Waals surface area contributed by atoms with Crippen molar-refractivity contribution in [1.82, 2.24) is 13.9 Å². The SMILES string of the molecule is CCNCC1CCN(S(=O)(=O)N(C)CCC(F)(F)F)CC1. The highest BCUT2D eigenvalue weighted by Gasteiger charge is 2.34. The van der Waals surface area contributed by atoms with Gasteiger partial charge < -0.3 is 5.32 Å². The minimum atomic E-state index is -4.34. The predicted octanol–water partition coefficient (Wildman–Crippen LogP) is 1.44. The van der Waals surface area contributed by atoms with Crippen LogP contribution < -0.4 is 5.32 Å². The number of hydrogen-bond acceptors (Lipinski definition) is 3. The third-order valence-electron chi connectivity index (χ3n) is 3.69. The summed E-state index contributed by atoms with van der Waals surface area (Å²) in [6.45, 7) is 3.94. The Morgan fingerprint density at radius 2 is 1.86 bits per heavy atom. The molecule has 1 rings (SSSR count). The Labute approximate surface area is 124 Å². The molecule has 9 heteroatoms. The van der Waals surface area contributed by atoms with E-state index in [1.807, 2.05) is 6.92 Å². The van der Waals surface area contributed by atoms with Crippen LogP contribution in [0.5, 0.6) is 0 Å². The van der Waals surface area contributed by atoms with Crippen molar-refractivity contribution in [3.63, 3.8) is 0 Å². The third kappa shape index (κ3) is 6.09. The van der Waals surface area contributed by atoms with Crippen molar-refractivity contribution in [2.24, 2.45) is 5.92 Å². The second-order valence-electron chi connectivity index (χ2n) is 5.34. The minimum Gasteiger partial charge on any atom is -0.317 e. The van der Waals surface area contributed by atoms with Gasteiger partial charge in [0.25, 0.3) is 10.2 Å². The molecule has 0 saturated carbocycles. The molecule has 0 unspecified atom stereocenters. The van der Waals surface area contributed by atoms with E-state index < -0.39 is 29.4 Å². The second-order valence-corrected chi connectivity index (χ2v) is 7.38. The van der Waals surface area contributed by atoms with Gasteiger partial charge in [0.1, 0.15) is 0 Å². The lowest BCUT2D eigenvalue weighted by Gasteiger charge is -2.33. The molecule has 0 atom stereocenters. The Morgan fingerprint density at radius 3 is 2.33 bits per heavy atom. The number of hydrogen-bond donors (Lipinski definition) is 1. The first-order valence-electron chi connectivity index (χ1n) is 7.15. The standard InChI is InChI=1S/C12H24F3N3O2S/c1-3-16-10-11-4-7-18(8-5-11)21(19,20)17(2)9-6-12(13,14)15/h11,16H,3-10H2,1-2H3. The molecule has 1 fully saturated rings. The van der Waals surface area contributed by atoms with E-state index in [1.54, 1.807) is 0 Å². The van der Waals surface area contributed by atoms with Gasteiger partial charge in [-0.3, -0.25) is 0 Å². The molecule has 0 aromatic heterocycles. The maximum absolute atomic E-state index is 12.2. The minimum absolute atomic E-state index is 0.370. The van der Waals surface area contributed by atoms with Crippen molar-refractivity contribution in [3.8, 4) is 0 Å². The van der Waals surface area contributed by atoms with Gasteiger partial charge in [0.15, 0.2) is 0 Å². The smallest absolute Gasteiger partial charge is 0.317 e. The molecule has 1 N–H and O–H groups in total. The zero-order chi connectivity index (χ0) is 16.1. The van der Waals surface area contributed by atoms with E-state index in [9.17, 15) is 21.6 Å². The molecule has 0 bridgehead atoms. The summed E-state index contributed by atoms with van der Waals surface area (Å²) < 4.78 is 63.0. The molecule has 1 aliphatic rings. The fourth-order valence-electron chi connectivity index (χ4n) is 2.29. The largest absolute Gasteiger partial charge is 0.390 e. The van der Waals surface area contributed by atoms with Crippen LogP contribution in [0.1, 0.15) is 26.2 Å². The van der Waals surface area contributed by atoms with Crippen LogP contribution in [0.4, 0.5) is 13.2 Å². The van der Waals surface area contributed by atoms with E-state index >= 15 is 0 Å². The van der Waals surface area contributed by atoms with Crippen LogP contribution in [0.25, 0.3) is 0 Å². The normalized spacial score (nSPS) is 19.3. The maximum Gasteiger partial charge on any atom is 0.390 e. The highest BCUT2D eigenvalue weighted by atomic mass is 32.2. The quantitative estimate of drug-likeness (QED) is 0.768. The molecule has 0 aromatic rings. The first-order valence-corrected chi connectivity index (χ1v) is 8.55. The molecule has 5 nitrogen and oxygen atoms in total. The highest BCUT2D eigenvalue weighted by Crippen LogP contribution is 2.23. The lowest BCUT2D eigenvalue weighted by molar-refractivity contribution is -0.135. The van der Waals surface area contributed by atoms with E-state index in [2.05, 4.69) is 5.32 Å². The molecule has 0 aromatic carbocycles. The topological polar surface area (TPSA) is 52.7 Å². The average molecular weight is 331 g/mol. The number of piperidine rings is 1. The number of nitrogens with one attached hydrogen (secondary N) is 1. The lowest BCUT2D eigenvalue weighted by Crippen LogP contribution is -2.47. The summed E-state index contributed by atoms with van der Waals surface area (Å²) in [5, 5.41) is 3.23. The summed E-state index contributed by atoms with van der Waals surface area (Å²) in [6, 6.07) is 0. The summed E-state index contributed by atoms with van der Waals surface area (Å²) in [5.74, 6) is 0.428. The van der Waals surface area contributed by atoms with Gasteiger partial charge in [-0.1, -0.05) is 6.92 Å². The van der Waals surface area contributed by atoms with Crippen LogP contribution in [0.3, 0.4) is 0 Å². The van der Waals surface area contributed by atoms with Crippen LogP contribution in [0.2, 0.25) is 0 Å². The van der Waals surface area contributed by atoms with Gasteiger partial charge in [-0.05, 0) is 31.8 Å². The average Bonchev–Trinajstić information content (AvgIpc) is 2.42. The van der Waals surface area contributed by atoms with Crippen LogP contribution in [-0.2, 0) is 10.2 Å². The van der Waals surface area contributed by atoms with Crippen LogP contribution in [0, 0.1) is 5.92 Å². The summed E-state index contributed by atoms with van der Waals surface area (Å²) >= 11 is 0. The molecule has 126 valence electrons. The molecule has 0 spiro atoms. The van der Waals surface area contributed by atoms with Crippen molar-refractivity contribution in [2.45, 2.75) is 32.4 Å². The zero-order valence-corrected chi connectivity index (χ0v) is 13.3. The van der Waals surface area contributed by atoms with Gasteiger partial charge in [0, 0.05) is 26.7 Å².